The molecule has 1 fully saturated rings. The summed E-state index contributed by atoms with van der Waals surface area (Å²) in [5, 5.41) is 53.0. The van der Waals surface area contributed by atoms with Crippen molar-refractivity contribution in [2.45, 2.75) is 63.2 Å². The van der Waals surface area contributed by atoms with E-state index in [1.54, 1.807) is 26.0 Å². The SMILES string of the molecule is Cc1cc2nc3c(=O)[nH]c(=O)nc-3n(C[C@H](O)[C@H](O)[C@H](O)COP(=O)(O)OP(=O)(O)OC[C@H]3O[C@@H](n4cnc5c(N)ncnc54)[C@H](O)[C@H]3O)c2cc1C. The lowest BCUT2D eigenvalue weighted by Crippen LogP contribution is -2.42. The number of nitrogens with zero attached hydrogens (tertiary/aromatic N) is 7. The molecule has 2 unspecified atom stereocenters. The molecule has 26 heteroatoms. The number of aryl methyl sites for hydroxylation is 2. The second kappa shape index (κ2) is 14.6. The maximum Gasteiger partial charge on any atom is 0.481 e. The Labute approximate surface area is 295 Å². The number of fused-ring (bicyclic) bond motifs is 3. The number of nitrogen functional groups attached to an aromatic ring is 1. The Morgan fingerprint density at radius 1 is 0.981 bits per heavy atom. The second-order valence-electron chi connectivity index (χ2n) is 12.1. The van der Waals surface area contributed by atoms with Crippen LogP contribution in [0, 0.1) is 13.8 Å². The Balaban J connectivity index is 1.07. The summed E-state index contributed by atoms with van der Waals surface area (Å²) in [7, 11) is -11.0. The molecule has 286 valence electrons. The lowest BCUT2D eigenvalue weighted by atomic mass is 10.1. The van der Waals surface area contributed by atoms with Crippen LogP contribution in [0.15, 0.2) is 34.4 Å². The molecule has 0 saturated carbocycles. The predicted octanol–water partition coefficient (Wildman–Crippen LogP) is -2.42. The van der Waals surface area contributed by atoms with Gasteiger partial charge >= 0.3 is 21.3 Å². The van der Waals surface area contributed by atoms with Gasteiger partial charge in [-0.2, -0.15) is 9.29 Å². The van der Waals surface area contributed by atoms with E-state index in [1.165, 1.54) is 15.5 Å². The van der Waals surface area contributed by atoms with E-state index in [4.69, 9.17) is 15.0 Å². The number of aromatic amines is 1. The minimum absolute atomic E-state index is 0.0293. The summed E-state index contributed by atoms with van der Waals surface area (Å²) in [5.41, 5.74) is 6.11. The highest BCUT2D eigenvalue weighted by molar-refractivity contribution is 7.61. The van der Waals surface area contributed by atoms with Gasteiger partial charge in [0, 0.05) is 0 Å². The van der Waals surface area contributed by atoms with Crippen LogP contribution in [0.2, 0.25) is 0 Å². The minimum Gasteiger partial charge on any atom is -0.388 e. The Bertz CT molecular complexity index is 2350. The maximum atomic E-state index is 12.5. The van der Waals surface area contributed by atoms with Crippen molar-refractivity contribution in [2.24, 2.45) is 0 Å². The van der Waals surface area contributed by atoms with Crippen LogP contribution in [0.4, 0.5) is 5.82 Å². The third kappa shape index (κ3) is 7.91. The number of benzene rings is 1. The highest BCUT2D eigenvalue weighted by Crippen LogP contribution is 2.60. The van der Waals surface area contributed by atoms with E-state index in [-0.39, 0.29) is 34.0 Å². The van der Waals surface area contributed by atoms with Gasteiger partial charge < -0.3 is 50.4 Å². The fourth-order valence-electron chi connectivity index (χ4n) is 5.55. The van der Waals surface area contributed by atoms with Gasteiger partial charge in [-0.1, -0.05) is 0 Å². The summed E-state index contributed by atoms with van der Waals surface area (Å²) in [6.45, 7) is 0.795. The Hall–Kier alpha value is -4.13. The first kappa shape index (κ1) is 38.6. The zero-order valence-corrected chi connectivity index (χ0v) is 29.3. The number of phosphoric acid groups is 2. The van der Waals surface area contributed by atoms with E-state index in [0.717, 1.165) is 17.5 Å². The molecular formula is C27H33N9O15P2. The predicted molar refractivity (Wildman–Crippen MR) is 177 cm³/mol. The summed E-state index contributed by atoms with van der Waals surface area (Å²) in [6.07, 6.45) is -9.93. The van der Waals surface area contributed by atoms with Gasteiger partial charge in [-0.3, -0.25) is 23.4 Å². The lowest BCUT2D eigenvalue weighted by Gasteiger charge is -2.26. The third-order valence-electron chi connectivity index (χ3n) is 8.40. The number of ether oxygens (including phenoxy) is 1. The van der Waals surface area contributed by atoms with E-state index in [1.807, 2.05) is 4.98 Å². The summed E-state index contributed by atoms with van der Waals surface area (Å²) < 4.78 is 46.6. The van der Waals surface area contributed by atoms with E-state index in [0.29, 0.717) is 5.52 Å². The van der Waals surface area contributed by atoms with E-state index < -0.39 is 89.5 Å². The molecule has 1 aromatic carbocycles. The lowest BCUT2D eigenvalue weighted by molar-refractivity contribution is -0.0794. The average Bonchev–Trinajstić information content (AvgIpc) is 3.63. The number of imidazole rings is 1. The van der Waals surface area contributed by atoms with E-state index in [2.05, 4.69) is 33.8 Å². The maximum absolute atomic E-state index is 12.5. The highest BCUT2D eigenvalue weighted by atomic mass is 31.3. The number of aliphatic hydroxyl groups is 5. The molecule has 3 aromatic rings. The molecule has 24 nitrogen and oxygen atoms in total. The molecule has 0 spiro atoms. The molecule has 0 aliphatic carbocycles. The highest BCUT2D eigenvalue weighted by Gasteiger charge is 2.46. The zero-order valence-electron chi connectivity index (χ0n) is 27.5. The monoisotopic (exact) mass is 785 g/mol. The summed E-state index contributed by atoms with van der Waals surface area (Å²) >= 11 is 0. The standard InChI is InChI=1S/C27H33N9O15P2/c1-10-3-12-13(4-11(10)2)35(24-18(32-12)25(42)34-27(43)33-24)5-14(37)19(39)15(38)6-48-52(44,45)51-53(46,47)49-7-16-20(40)21(41)26(50-16)36-9-31-17-22(28)29-8-30-23(17)36/h3-4,8-9,14-16,19-21,26,37-41H,5-7H2,1-2H3,(H,44,45)(H,46,47)(H2,28,29,30)(H,34,42,43)/t14-,15+,16+,19-,20-,21+,26+/m0/s1. The van der Waals surface area contributed by atoms with Crippen molar-refractivity contribution in [3.63, 3.8) is 0 Å². The minimum atomic E-state index is -5.54. The van der Waals surface area contributed by atoms with Crippen LogP contribution in [-0.4, -0.2) is 124 Å². The molecule has 10 N–H and O–H groups in total. The Kier molecular flexibility index (Phi) is 10.6. The first-order valence-electron chi connectivity index (χ1n) is 15.4. The molecule has 3 aliphatic heterocycles. The van der Waals surface area contributed by atoms with Crippen molar-refractivity contribution in [3.05, 3.63) is 56.8 Å². The van der Waals surface area contributed by atoms with Crippen molar-refractivity contribution in [1.29, 1.82) is 0 Å². The number of aliphatic hydroxyl groups excluding tert-OH is 5. The van der Waals surface area contributed by atoms with Gasteiger partial charge in [-0.05, 0) is 37.1 Å². The van der Waals surface area contributed by atoms with Crippen LogP contribution in [0.1, 0.15) is 17.4 Å². The van der Waals surface area contributed by atoms with Gasteiger partial charge in [-0.25, -0.2) is 33.9 Å². The number of hydrogen-bond acceptors (Lipinski definition) is 19. The van der Waals surface area contributed by atoms with Gasteiger partial charge in [0.05, 0.1) is 37.1 Å². The van der Waals surface area contributed by atoms with Crippen LogP contribution in [0.5, 0.6) is 0 Å². The van der Waals surface area contributed by atoms with Crippen molar-refractivity contribution in [2.75, 3.05) is 18.9 Å². The molecule has 0 bridgehead atoms. The van der Waals surface area contributed by atoms with Gasteiger partial charge in [0.25, 0.3) is 5.56 Å². The fourth-order valence-corrected chi connectivity index (χ4v) is 7.65. The van der Waals surface area contributed by atoms with Crippen molar-refractivity contribution in [3.8, 4) is 11.5 Å². The molecule has 53 heavy (non-hydrogen) atoms. The number of hydrogen-bond donors (Lipinski definition) is 9. The molecule has 0 radical (unpaired) electrons. The van der Waals surface area contributed by atoms with Crippen LogP contribution >= 0.6 is 15.6 Å². The summed E-state index contributed by atoms with van der Waals surface area (Å²) in [5.74, 6) is -0.212. The molecule has 6 rings (SSSR count). The van der Waals surface area contributed by atoms with Crippen molar-refractivity contribution >= 4 is 43.7 Å². The quantitative estimate of drug-likeness (QED) is 0.0443. The van der Waals surface area contributed by atoms with E-state index in [9.17, 15) is 54.0 Å². The number of phosphoric ester groups is 2. The van der Waals surface area contributed by atoms with Gasteiger partial charge in [0.1, 0.15) is 48.5 Å². The van der Waals surface area contributed by atoms with Gasteiger partial charge in [0.2, 0.25) is 0 Å². The second-order valence-corrected chi connectivity index (χ2v) is 15.1. The smallest absolute Gasteiger partial charge is 0.388 e. The van der Waals surface area contributed by atoms with Gasteiger partial charge in [0.15, 0.2) is 29.2 Å². The molecule has 1 saturated heterocycles. The number of aromatic nitrogens is 8. The van der Waals surface area contributed by atoms with Crippen LogP contribution in [0.3, 0.4) is 0 Å². The molecule has 9 atom stereocenters. The molecule has 2 aromatic heterocycles. The fraction of sp³-hybridized carbons (Fsp3) is 0.444. The molecule has 3 aliphatic rings. The van der Waals surface area contributed by atoms with Crippen molar-refractivity contribution < 1.29 is 62.5 Å². The molecule has 5 heterocycles. The first-order chi connectivity index (χ1) is 24.9. The summed E-state index contributed by atoms with van der Waals surface area (Å²) in [6, 6.07) is 3.29. The van der Waals surface area contributed by atoms with Gasteiger partial charge in [-0.15, -0.1) is 0 Å². The Morgan fingerprint density at radius 2 is 1.68 bits per heavy atom. The number of nitrogens with one attached hydrogen (secondary N) is 1. The van der Waals surface area contributed by atoms with E-state index >= 15 is 0 Å². The largest absolute Gasteiger partial charge is 0.481 e. The average molecular weight is 786 g/mol. The Morgan fingerprint density at radius 3 is 2.42 bits per heavy atom. The number of nitrogens with two attached hydrogens (primary N) is 1. The van der Waals surface area contributed by atoms with Crippen LogP contribution in [0.25, 0.3) is 33.7 Å². The third-order valence-corrected chi connectivity index (χ3v) is 11.0. The van der Waals surface area contributed by atoms with Crippen LogP contribution < -0.4 is 17.0 Å². The number of H-pyrrole nitrogens is 1. The number of anilines is 1. The van der Waals surface area contributed by atoms with Crippen LogP contribution in [-0.2, 0) is 33.8 Å². The topological polar surface area (TPSA) is 363 Å². The van der Waals surface area contributed by atoms with Crippen molar-refractivity contribution in [1.82, 2.24) is 39.0 Å². The number of rotatable bonds is 13. The first-order valence-corrected chi connectivity index (χ1v) is 18.4. The zero-order chi connectivity index (χ0) is 38.6. The summed E-state index contributed by atoms with van der Waals surface area (Å²) in [4.78, 5) is 66.6. The molecular weight excluding hydrogens is 752 g/mol. The molecule has 0 amide bonds. The normalized spacial score (nSPS) is 23.3.